The first-order chi connectivity index (χ1) is 13.6. The predicted molar refractivity (Wildman–Crippen MR) is 104 cm³/mol. The lowest BCUT2D eigenvalue weighted by Gasteiger charge is -2.09. The lowest BCUT2D eigenvalue weighted by molar-refractivity contribution is 0.0948. The maximum absolute atomic E-state index is 12.5. The third-order valence-electron chi connectivity index (χ3n) is 4.10. The zero-order chi connectivity index (χ0) is 19.9. The van der Waals surface area contributed by atoms with Gasteiger partial charge < -0.3 is 19.3 Å². The summed E-state index contributed by atoms with van der Waals surface area (Å²) >= 11 is 0. The largest absolute Gasteiger partial charge is 0.494 e. The third-order valence-corrected chi connectivity index (χ3v) is 4.10. The number of aryl methyl sites for hydroxylation is 2. The van der Waals surface area contributed by atoms with Crippen LogP contribution in [0, 0.1) is 6.92 Å². The molecule has 7 nitrogen and oxygen atoms in total. The monoisotopic (exact) mass is 381 g/mol. The Morgan fingerprint density at radius 2 is 1.89 bits per heavy atom. The van der Waals surface area contributed by atoms with Gasteiger partial charge in [-0.2, -0.15) is 0 Å². The molecule has 28 heavy (non-hydrogen) atoms. The highest BCUT2D eigenvalue weighted by Crippen LogP contribution is 2.23. The first kappa shape index (κ1) is 19.4. The number of pyridine rings is 1. The van der Waals surface area contributed by atoms with Gasteiger partial charge in [-0.25, -0.2) is 4.98 Å². The number of ether oxygens (including phenoxy) is 2. The molecule has 0 aliphatic carbocycles. The second kappa shape index (κ2) is 9.03. The lowest BCUT2D eigenvalue weighted by Crippen LogP contribution is -2.24. The van der Waals surface area contributed by atoms with E-state index < -0.39 is 0 Å². The average molecular weight is 381 g/mol. The summed E-state index contributed by atoms with van der Waals surface area (Å²) in [6.07, 6.45) is 2.28. The van der Waals surface area contributed by atoms with Crippen LogP contribution in [0.3, 0.4) is 0 Å². The molecule has 1 amide bonds. The Morgan fingerprint density at radius 1 is 1.14 bits per heavy atom. The summed E-state index contributed by atoms with van der Waals surface area (Å²) in [5.41, 5.74) is 2.03. The van der Waals surface area contributed by atoms with Crippen molar-refractivity contribution >= 4 is 5.91 Å². The standard InChI is InChI=1S/C21H23N3O4/c1-4-18-20(14(3)28-24-18)21(25)23-13-15-10-11-22-19(12-15)27-17-8-6-16(7-9-17)26-5-2/h6-12H,4-5,13H2,1-3H3,(H,23,25). The Morgan fingerprint density at radius 3 is 2.61 bits per heavy atom. The van der Waals surface area contributed by atoms with E-state index in [1.165, 1.54) is 0 Å². The molecule has 7 heteroatoms. The molecule has 2 heterocycles. The van der Waals surface area contributed by atoms with Crippen LogP contribution in [0.2, 0.25) is 0 Å². The zero-order valence-electron chi connectivity index (χ0n) is 16.2. The maximum atomic E-state index is 12.5. The van der Waals surface area contributed by atoms with Crippen molar-refractivity contribution in [2.45, 2.75) is 33.7 Å². The molecule has 146 valence electrons. The first-order valence-electron chi connectivity index (χ1n) is 9.19. The Labute approximate surface area is 163 Å². The highest BCUT2D eigenvalue weighted by molar-refractivity contribution is 5.96. The maximum Gasteiger partial charge on any atom is 0.257 e. The molecule has 1 N–H and O–H groups in total. The Bertz CT molecular complexity index is 935. The molecule has 3 aromatic rings. The van der Waals surface area contributed by atoms with Crippen LogP contribution in [-0.2, 0) is 13.0 Å². The SMILES string of the molecule is CCOc1ccc(Oc2cc(CNC(=O)c3c(CC)noc3C)ccn2)cc1. The smallest absolute Gasteiger partial charge is 0.257 e. The van der Waals surface area contributed by atoms with Crippen LogP contribution in [0.25, 0.3) is 0 Å². The molecule has 0 spiro atoms. The van der Waals surface area contributed by atoms with Crippen molar-refractivity contribution in [3.05, 3.63) is 65.2 Å². The van der Waals surface area contributed by atoms with Crippen molar-refractivity contribution in [1.29, 1.82) is 0 Å². The number of rotatable bonds is 8. The Balaban J connectivity index is 1.63. The number of benzene rings is 1. The minimum absolute atomic E-state index is 0.207. The number of nitrogens with zero attached hydrogens (tertiary/aromatic N) is 2. The molecule has 0 aliphatic heterocycles. The van der Waals surface area contributed by atoms with Crippen LogP contribution in [-0.4, -0.2) is 22.7 Å². The van der Waals surface area contributed by atoms with Crippen molar-refractivity contribution in [3.63, 3.8) is 0 Å². The van der Waals surface area contributed by atoms with E-state index in [1.807, 2.05) is 44.2 Å². The van der Waals surface area contributed by atoms with Crippen LogP contribution in [0.15, 0.2) is 47.1 Å². The molecule has 0 saturated heterocycles. The van der Waals surface area contributed by atoms with Crippen molar-refractivity contribution in [1.82, 2.24) is 15.5 Å². The Kier molecular flexibility index (Phi) is 6.26. The average Bonchev–Trinajstić information content (AvgIpc) is 3.09. The van der Waals surface area contributed by atoms with Crippen LogP contribution < -0.4 is 14.8 Å². The van der Waals surface area contributed by atoms with Gasteiger partial charge in [0.25, 0.3) is 5.91 Å². The van der Waals surface area contributed by atoms with Crippen molar-refractivity contribution < 1.29 is 18.8 Å². The van der Waals surface area contributed by atoms with E-state index in [-0.39, 0.29) is 5.91 Å². The normalized spacial score (nSPS) is 10.5. The summed E-state index contributed by atoms with van der Waals surface area (Å²) in [7, 11) is 0. The quantitative estimate of drug-likeness (QED) is 0.633. The number of carbonyl (C=O) groups is 1. The molecule has 2 aromatic heterocycles. The summed E-state index contributed by atoms with van der Waals surface area (Å²) in [6, 6.07) is 10.9. The third kappa shape index (κ3) is 4.68. The highest BCUT2D eigenvalue weighted by Gasteiger charge is 2.18. The molecule has 0 aliphatic rings. The van der Waals surface area contributed by atoms with E-state index >= 15 is 0 Å². The summed E-state index contributed by atoms with van der Waals surface area (Å²) in [6.45, 7) is 6.56. The van der Waals surface area contributed by atoms with Crippen LogP contribution >= 0.6 is 0 Å². The number of amides is 1. The summed E-state index contributed by atoms with van der Waals surface area (Å²) in [5.74, 6) is 2.20. The van der Waals surface area contributed by atoms with Gasteiger partial charge >= 0.3 is 0 Å². The number of carbonyl (C=O) groups excluding carboxylic acids is 1. The van der Waals surface area contributed by atoms with E-state index in [0.717, 1.165) is 11.3 Å². The first-order valence-corrected chi connectivity index (χ1v) is 9.19. The number of aromatic nitrogens is 2. The molecule has 0 unspecified atom stereocenters. The van der Waals surface area contributed by atoms with Crippen LogP contribution in [0.5, 0.6) is 17.4 Å². The fraction of sp³-hybridized carbons (Fsp3) is 0.286. The molecule has 0 bridgehead atoms. The van der Waals surface area contributed by atoms with Gasteiger partial charge in [0.2, 0.25) is 5.88 Å². The summed E-state index contributed by atoms with van der Waals surface area (Å²) < 4.78 is 16.3. The van der Waals surface area contributed by atoms with Crippen molar-refractivity contribution in [3.8, 4) is 17.4 Å². The van der Waals surface area contributed by atoms with Crippen LogP contribution in [0.1, 0.15) is 41.2 Å². The fourth-order valence-corrected chi connectivity index (χ4v) is 2.73. The minimum atomic E-state index is -0.207. The number of nitrogens with one attached hydrogen (secondary N) is 1. The highest BCUT2D eigenvalue weighted by atomic mass is 16.5. The van der Waals surface area contributed by atoms with Gasteiger partial charge in [0.15, 0.2) is 0 Å². The molecule has 0 saturated carbocycles. The molecule has 3 rings (SSSR count). The van der Waals surface area contributed by atoms with E-state index in [2.05, 4.69) is 15.5 Å². The molecule has 0 atom stereocenters. The van der Waals surface area contributed by atoms with Gasteiger partial charge in [-0.05, 0) is 56.2 Å². The van der Waals surface area contributed by atoms with E-state index in [0.29, 0.717) is 48.2 Å². The van der Waals surface area contributed by atoms with Gasteiger partial charge in [0.1, 0.15) is 22.8 Å². The van der Waals surface area contributed by atoms with Gasteiger partial charge in [-0.15, -0.1) is 0 Å². The van der Waals surface area contributed by atoms with Gasteiger partial charge in [-0.3, -0.25) is 4.79 Å². The second-order valence-corrected chi connectivity index (χ2v) is 6.11. The molecule has 0 radical (unpaired) electrons. The van der Waals surface area contributed by atoms with Gasteiger partial charge in [0.05, 0.1) is 12.3 Å². The Hall–Kier alpha value is -3.35. The molecule has 0 fully saturated rings. The second-order valence-electron chi connectivity index (χ2n) is 6.11. The van der Waals surface area contributed by atoms with E-state index in [9.17, 15) is 4.79 Å². The van der Waals surface area contributed by atoms with E-state index in [1.54, 1.807) is 19.2 Å². The molecule has 1 aromatic carbocycles. The van der Waals surface area contributed by atoms with E-state index in [4.69, 9.17) is 14.0 Å². The topological polar surface area (TPSA) is 86.5 Å². The fourth-order valence-electron chi connectivity index (χ4n) is 2.73. The van der Waals surface area contributed by atoms with Gasteiger partial charge in [-0.1, -0.05) is 12.1 Å². The minimum Gasteiger partial charge on any atom is -0.494 e. The van der Waals surface area contributed by atoms with Crippen molar-refractivity contribution in [2.75, 3.05) is 6.61 Å². The predicted octanol–water partition coefficient (Wildman–Crippen LogP) is 4.06. The summed E-state index contributed by atoms with van der Waals surface area (Å²) in [5, 5.41) is 6.80. The van der Waals surface area contributed by atoms with Crippen LogP contribution in [0.4, 0.5) is 0 Å². The molecular formula is C21H23N3O4. The molecular weight excluding hydrogens is 358 g/mol. The number of hydrogen-bond acceptors (Lipinski definition) is 6. The van der Waals surface area contributed by atoms with Gasteiger partial charge in [0, 0.05) is 18.8 Å². The summed E-state index contributed by atoms with van der Waals surface area (Å²) in [4.78, 5) is 16.7. The van der Waals surface area contributed by atoms with Crippen molar-refractivity contribution in [2.24, 2.45) is 0 Å². The lowest BCUT2D eigenvalue weighted by atomic mass is 10.1. The number of hydrogen-bond donors (Lipinski definition) is 1. The zero-order valence-corrected chi connectivity index (χ0v) is 16.2.